The Hall–Kier alpha value is -1.24. The van der Waals surface area contributed by atoms with Crippen molar-refractivity contribution in [2.24, 2.45) is 5.92 Å². The van der Waals surface area contributed by atoms with E-state index in [0.717, 1.165) is 29.5 Å². The van der Waals surface area contributed by atoms with Gasteiger partial charge in [0, 0.05) is 25.5 Å². The Morgan fingerprint density at radius 2 is 2.40 bits per heavy atom. The maximum Gasteiger partial charge on any atom is 0.255 e. The van der Waals surface area contributed by atoms with Crippen molar-refractivity contribution >= 4 is 27.5 Å². The van der Waals surface area contributed by atoms with Gasteiger partial charge in [-0.15, -0.1) is 0 Å². The third kappa shape index (κ3) is 3.88. The van der Waals surface area contributed by atoms with Crippen LogP contribution < -0.4 is 10.2 Å². The lowest BCUT2D eigenvalue weighted by atomic mass is 9.96. The maximum atomic E-state index is 12.1. The Morgan fingerprint density at radius 1 is 1.60 bits per heavy atom. The van der Waals surface area contributed by atoms with Gasteiger partial charge in [-0.3, -0.25) is 9.78 Å². The number of nitrogens with zero attached hydrogens (tertiary/aromatic N) is 2. The number of anilines is 1. The Kier molecular flexibility index (Phi) is 5.28. The molecule has 1 saturated heterocycles. The van der Waals surface area contributed by atoms with Gasteiger partial charge in [0.05, 0.1) is 22.6 Å². The third-order valence-electron chi connectivity index (χ3n) is 3.31. The lowest BCUT2D eigenvalue weighted by Crippen LogP contribution is -2.44. The first-order valence-corrected chi connectivity index (χ1v) is 7.27. The highest BCUT2D eigenvalue weighted by atomic mass is 79.9. The molecule has 0 radical (unpaired) electrons. The molecule has 0 bridgehead atoms. The van der Waals surface area contributed by atoms with E-state index in [4.69, 9.17) is 0 Å². The van der Waals surface area contributed by atoms with E-state index >= 15 is 0 Å². The molecule has 2 heterocycles. The average Bonchev–Trinajstić information content (AvgIpc) is 2.45. The summed E-state index contributed by atoms with van der Waals surface area (Å²) in [5, 5.41) is 2.30. The van der Waals surface area contributed by atoms with E-state index in [1.807, 2.05) is 6.07 Å². The van der Waals surface area contributed by atoms with Crippen molar-refractivity contribution in [2.45, 2.75) is 19.3 Å². The molecule has 7 heteroatoms. The van der Waals surface area contributed by atoms with Gasteiger partial charge >= 0.3 is 0 Å². The van der Waals surface area contributed by atoms with Crippen molar-refractivity contribution in [2.75, 3.05) is 24.5 Å². The summed E-state index contributed by atoms with van der Waals surface area (Å²) < 4.78 is 25.1. The highest BCUT2D eigenvalue weighted by Gasteiger charge is 2.27. The molecule has 1 N–H and O–H groups in total. The summed E-state index contributed by atoms with van der Waals surface area (Å²) in [5.74, 6) is -0.539. The van der Waals surface area contributed by atoms with E-state index in [1.54, 1.807) is 12.4 Å². The summed E-state index contributed by atoms with van der Waals surface area (Å²) in [5.41, 5.74) is 0.978. The van der Waals surface area contributed by atoms with Crippen LogP contribution in [0.15, 0.2) is 22.9 Å². The second-order valence-corrected chi connectivity index (χ2v) is 5.60. The van der Waals surface area contributed by atoms with Gasteiger partial charge in [-0.25, -0.2) is 8.78 Å². The van der Waals surface area contributed by atoms with E-state index in [9.17, 15) is 13.6 Å². The molecule has 0 aliphatic carbocycles. The number of carbonyl (C=O) groups excluding carboxylic acids is 1. The SMILES string of the molecule is O=C(NCC(F)F)C1CCCN(c2ccncc2Br)C1. The summed E-state index contributed by atoms with van der Waals surface area (Å²) in [6.45, 7) is 0.813. The van der Waals surface area contributed by atoms with Gasteiger partial charge < -0.3 is 10.2 Å². The van der Waals surface area contributed by atoms with Crippen LogP contribution in [0.1, 0.15) is 12.8 Å². The minimum atomic E-state index is -2.51. The standard InChI is InChI=1S/C13H16BrF2N3O/c14-10-6-17-4-3-11(10)19-5-1-2-9(8-19)13(20)18-7-12(15)16/h3-4,6,9,12H,1-2,5,7-8H2,(H,18,20). The van der Waals surface area contributed by atoms with Gasteiger partial charge in [-0.2, -0.15) is 0 Å². The molecule has 1 fully saturated rings. The van der Waals surface area contributed by atoms with Gasteiger partial charge in [0.1, 0.15) is 0 Å². The largest absolute Gasteiger partial charge is 0.370 e. The Labute approximate surface area is 124 Å². The quantitative estimate of drug-likeness (QED) is 0.909. The van der Waals surface area contributed by atoms with E-state index in [1.165, 1.54) is 0 Å². The predicted molar refractivity (Wildman–Crippen MR) is 75.9 cm³/mol. The number of halogens is 3. The zero-order valence-corrected chi connectivity index (χ0v) is 12.4. The summed E-state index contributed by atoms with van der Waals surface area (Å²) in [6, 6.07) is 1.88. The number of amides is 1. The Bertz CT molecular complexity index is 473. The fraction of sp³-hybridized carbons (Fsp3) is 0.538. The summed E-state index contributed by atoms with van der Waals surface area (Å²) >= 11 is 3.43. The number of rotatable bonds is 4. The lowest BCUT2D eigenvalue weighted by molar-refractivity contribution is -0.125. The minimum Gasteiger partial charge on any atom is -0.370 e. The van der Waals surface area contributed by atoms with Crippen molar-refractivity contribution < 1.29 is 13.6 Å². The van der Waals surface area contributed by atoms with E-state index in [-0.39, 0.29) is 11.8 Å². The molecule has 0 aromatic carbocycles. The summed E-state index contributed by atoms with van der Waals surface area (Å²) in [7, 11) is 0. The van der Waals surface area contributed by atoms with Crippen LogP contribution in [0.3, 0.4) is 0 Å². The first kappa shape index (κ1) is 15.2. The fourth-order valence-corrected chi connectivity index (χ4v) is 2.86. The van der Waals surface area contributed by atoms with Crippen LogP contribution in [0.4, 0.5) is 14.5 Å². The smallest absolute Gasteiger partial charge is 0.255 e. The molecule has 1 aromatic heterocycles. The summed E-state index contributed by atoms with van der Waals surface area (Å²) in [4.78, 5) is 18.0. The number of nitrogens with one attached hydrogen (secondary N) is 1. The van der Waals surface area contributed by atoms with Crippen LogP contribution in [0, 0.1) is 5.92 Å². The van der Waals surface area contributed by atoms with Gasteiger partial charge in [0.15, 0.2) is 0 Å². The second kappa shape index (κ2) is 6.97. The zero-order chi connectivity index (χ0) is 14.5. The highest BCUT2D eigenvalue weighted by Crippen LogP contribution is 2.29. The number of hydrogen-bond donors (Lipinski definition) is 1. The van der Waals surface area contributed by atoms with Crippen LogP contribution in [0.25, 0.3) is 0 Å². The van der Waals surface area contributed by atoms with Crippen LogP contribution >= 0.6 is 15.9 Å². The normalized spacial score (nSPS) is 19.2. The second-order valence-electron chi connectivity index (χ2n) is 4.75. The van der Waals surface area contributed by atoms with Gasteiger partial charge in [0.2, 0.25) is 5.91 Å². The van der Waals surface area contributed by atoms with E-state index < -0.39 is 13.0 Å². The number of pyridine rings is 1. The van der Waals surface area contributed by atoms with Gasteiger partial charge in [-0.05, 0) is 34.8 Å². The molecule has 0 spiro atoms. The van der Waals surface area contributed by atoms with Crippen molar-refractivity contribution in [3.05, 3.63) is 22.9 Å². The predicted octanol–water partition coefficient (Wildman–Crippen LogP) is 2.44. The molecular formula is C13H16BrF2N3O. The maximum absolute atomic E-state index is 12.1. The average molecular weight is 348 g/mol. The molecule has 2 rings (SSSR count). The molecule has 1 atom stereocenters. The molecule has 1 amide bonds. The number of alkyl halides is 2. The number of carbonyl (C=O) groups is 1. The van der Waals surface area contributed by atoms with Crippen molar-refractivity contribution in [3.63, 3.8) is 0 Å². The van der Waals surface area contributed by atoms with Crippen molar-refractivity contribution in [1.29, 1.82) is 0 Å². The van der Waals surface area contributed by atoms with Crippen LogP contribution in [-0.4, -0.2) is 37.0 Å². The number of piperidine rings is 1. The van der Waals surface area contributed by atoms with Gasteiger partial charge in [0.25, 0.3) is 6.43 Å². The van der Waals surface area contributed by atoms with Crippen LogP contribution in [-0.2, 0) is 4.79 Å². The molecule has 1 unspecified atom stereocenters. The first-order valence-electron chi connectivity index (χ1n) is 6.48. The Morgan fingerprint density at radius 3 is 3.10 bits per heavy atom. The lowest BCUT2D eigenvalue weighted by Gasteiger charge is -2.34. The molecule has 1 aromatic rings. The van der Waals surface area contributed by atoms with Crippen LogP contribution in [0.5, 0.6) is 0 Å². The monoisotopic (exact) mass is 347 g/mol. The van der Waals surface area contributed by atoms with Crippen molar-refractivity contribution in [3.8, 4) is 0 Å². The first-order chi connectivity index (χ1) is 9.58. The topological polar surface area (TPSA) is 45.2 Å². The molecule has 1 aliphatic rings. The molecule has 20 heavy (non-hydrogen) atoms. The number of aromatic nitrogens is 1. The molecule has 4 nitrogen and oxygen atoms in total. The third-order valence-corrected chi connectivity index (χ3v) is 3.93. The molecule has 1 aliphatic heterocycles. The molecule has 110 valence electrons. The van der Waals surface area contributed by atoms with E-state index in [0.29, 0.717) is 6.54 Å². The van der Waals surface area contributed by atoms with Crippen molar-refractivity contribution in [1.82, 2.24) is 10.3 Å². The van der Waals surface area contributed by atoms with Gasteiger partial charge in [-0.1, -0.05) is 0 Å². The summed E-state index contributed by atoms with van der Waals surface area (Å²) in [6.07, 6.45) is 2.49. The number of hydrogen-bond acceptors (Lipinski definition) is 3. The van der Waals surface area contributed by atoms with Crippen LogP contribution in [0.2, 0.25) is 0 Å². The fourth-order valence-electron chi connectivity index (χ4n) is 2.36. The molecular weight excluding hydrogens is 332 g/mol. The Balaban J connectivity index is 1.98. The minimum absolute atomic E-state index is 0.248. The molecule has 0 saturated carbocycles. The highest BCUT2D eigenvalue weighted by molar-refractivity contribution is 9.10. The van der Waals surface area contributed by atoms with E-state index in [2.05, 4.69) is 31.1 Å². The zero-order valence-electron chi connectivity index (χ0n) is 10.9.